The van der Waals surface area contributed by atoms with Crippen LogP contribution in [0.2, 0.25) is 0 Å². The molecule has 0 spiro atoms. The first-order valence-electron chi connectivity index (χ1n) is 3.34. The van der Waals surface area contributed by atoms with E-state index in [4.69, 9.17) is 15.7 Å². The van der Waals surface area contributed by atoms with Crippen LogP contribution in [0.1, 0.15) is 6.42 Å². The SMILES string of the molecule is COCCCSCC(N)=NO. The maximum Gasteiger partial charge on any atom is 0.149 e. The molecule has 11 heavy (non-hydrogen) atoms. The summed E-state index contributed by atoms with van der Waals surface area (Å²) < 4.78 is 4.85. The minimum atomic E-state index is 0.271. The smallest absolute Gasteiger partial charge is 0.149 e. The van der Waals surface area contributed by atoms with Crippen LogP contribution < -0.4 is 5.73 Å². The van der Waals surface area contributed by atoms with Gasteiger partial charge in [0, 0.05) is 13.7 Å². The number of amidine groups is 1. The van der Waals surface area contributed by atoms with Gasteiger partial charge < -0.3 is 15.7 Å². The summed E-state index contributed by atoms with van der Waals surface area (Å²) in [7, 11) is 1.67. The lowest BCUT2D eigenvalue weighted by atomic mass is 10.5. The van der Waals surface area contributed by atoms with Crippen LogP contribution in [0.4, 0.5) is 0 Å². The van der Waals surface area contributed by atoms with Crippen LogP contribution in [-0.4, -0.2) is 36.3 Å². The molecule has 0 fully saturated rings. The highest BCUT2D eigenvalue weighted by Gasteiger charge is 1.92. The molecule has 0 amide bonds. The predicted molar refractivity (Wildman–Crippen MR) is 47.2 cm³/mol. The van der Waals surface area contributed by atoms with Gasteiger partial charge in [0.05, 0.1) is 5.75 Å². The Bertz CT molecular complexity index is 119. The largest absolute Gasteiger partial charge is 0.409 e. The van der Waals surface area contributed by atoms with Crippen LogP contribution in [0.15, 0.2) is 5.16 Å². The van der Waals surface area contributed by atoms with E-state index >= 15 is 0 Å². The fourth-order valence-electron chi connectivity index (χ4n) is 0.511. The lowest BCUT2D eigenvalue weighted by Crippen LogP contribution is -2.14. The molecule has 0 unspecified atom stereocenters. The molecule has 66 valence electrons. The second-order valence-corrected chi connectivity index (χ2v) is 3.10. The Morgan fingerprint density at radius 1 is 1.73 bits per heavy atom. The molecule has 0 bridgehead atoms. The van der Waals surface area contributed by atoms with Crippen molar-refractivity contribution < 1.29 is 9.94 Å². The Kier molecular flexibility index (Phi) is 7.39. The van der Waals surface area contributed by atoms with Gasteiger partial charge in [-0.15, -0.1) is 0 Å². The Morgan fingerprint density at radius 2 is 2.45 bits per heavy atom. The van der Waals surface area contributed by atoms with Crippen LogP contribution in [0.5, 0.6) is 0 Å². The number of thioether (sulfide) groups is 1. The van der Waals surface area contributed by atoms with Crippen LogP contribution in [0.3, 0.4) is 0 Å². The molecule has 0 saturated carbocycles. The van der Waals surface area contributed by atoms with E-state index in [1.807, 2.05) is 0 Å². The van der Waals surface area contributed by atoms with Gasteiger partial charge in [0.1, 0.15) is 5.84 Å². The third-order valence-corrected chi connectivity index (χ3v) is 2.09. The third-order valence-electron chi connectivity index (χ3n) is 1.02. The van der Waals surface area contributed by atoms with Gasteiger partial charge >= 0.3 is 0 Å². The van der Waals surface area contributed by atoms with Crippen LogP contribution >= 0.6 is 11.8 Å². The quantitative estimate of drug-likeness (QED) is 0.204. The summed E-state index contributed by atoms with van der Waals surface area (Å²) in [4.78, 5) is 0. The minimum Gasteiger partial charge on any atom is -0.409 e. The average molecular weight is 178 g/mol. The monoisotopic (exact) mass is 178 g/mol. The molecule has 0 aliphatic heterocycles. The van der Waals surface area contributed by atoms with Crippen molar-refractivity contribution in [2.75, 3.05) is 25.2 Å². The molecule has 3 N–H and O–H groups in total. The number of ether oxygens (including phenoxy) is 1. The Hall–Kier alpha value is -0.420. The van der Waals surface area contributed by atoms with Gasteiger partial charge in [-0.25, -0.2) is 0 Å². The molecule has 0 aliphatic carbocycles. The van der Waals surface area contributed by atoms with Crippen LogP contribution in [-0.2, 0) is 4.74 Å². The van der Waals surface area contributed by atoms with Crippen molar-refractivity contribution >= 4 is 17.6 Å². The molecular weight excluding hydrogens is 164 g/mol. The molecule has 0 aromatic carbocycles. The Labute approximate surface area is 70.8 Å². The van der Waals surface area contributed by atoms with Crippen LogP contribution in [0, 0.1) is 0 Å². The van der Waals surface area contributed by atoms with E-state index in [1.54, 1.807) is 18.9 Å². The highest BCUT2D eigenvalue weighted by Crippen LogP contribution is 2.01. The number of hydrogen-bond acceptors (Lipinski definition) is 4. The summed E-state index contributed by atoms with van der Waals surface area (Å²) in [6, 6.07) is 0. The van der Waals surface area contributed by atoms with E-state index in [1.165, 1.54) is 0 Å². The van der Waals surface area contributed by atoms with Gasteiger partial charge in [-0.05, 0) is 12.2 Å². The van der Waals surface area contributed by atoms with Crippen molar-refractivity contribution in [1.29, 1.82) is 0 Å². The number of hydrogen-bond donors (Lipinski definition) is 2. The molecule has 0 rings (SSSR count). The summed E-state index contributed by atoms with van der Waals surface area (Å²) in [5.74, 6) is 1.83. The second-order valence-electron chi connectivity index (χ2n) is 1.99. The first-order valence-corrected chi connectivity index (χ1v) is 4.49. The Balaban J connectivity index is 3.02. The van der Waals surface area contributed by atoms with Gasteiger partial charge in [-0.2, -0.15) is 11.8 Å². The molecule has 4 nitrogen and oxygen atoms in total. The van der Waals surface area contributed by atoms with Crippen molar-refractivity contribution in [1.82, 2.24) is 0 Å². The summed E-state index contributed by atoms with van der Waals surface area (Å²) in [6.07, 6.45) is 1.000. The van der Waals surface area contributed by atoms with Crippen molar-refractivity contribution in [3.8, 4) is 0 Å². The van der Waals surface area contributed by atoms with Gasteiger partial charge in [0.2, 0.25) is 0 Å². The maximum absolute atomic E-state index is 8.16. The van der Waals surface area contributed by atoms with E-state index in [2.05, 4.69) is 5.16 Å². The molecule has 5 heteroatoms. The average Bonchev–Trinajstić information content (AvgIpc) is 2.04. The fourth-order valence-corrected chi connectivity index (χ4v) is 1.24. The van der Waals surface area contributed by atoms with Crippen molar-refractivity contribution in [2.24, 2.45) is 10.9 Å². The molecule has 0 saturated heterocycles. The van der Waals surface area contributed by atoms with Crippen LogP contribution in [0.25, 0.3) is 0 Å². The van der Waals surface area contributed by atoms with Gasteiger partial charge in [-0.1, -0.05) is 5.16 Å². The van der Waals surface area contributed by atoms with E-state index in [-0.39, 0.29) is 5.84 Å². The molecule has 0 aromatic heterocycles. The summed E-state index contributed by atoms with van der Waals surface area (Å²) in [5.41, 5.74) is 5.24. The van der Waals surface area contributed by atoms with E-state index < -0.39 is 0 Å². The summed E-state index contributed by atoms with van der Waals surface area (Å²) in [6.45, 7) is 0.767. The number of rotatable bonds is 6. The first-order chi connectivity index (χ1) is 5.31. The zero-order valence-corrected chi connectivity index (χ0v) is 7.43. The number of nitrogens with two attached hydrogens (primary N) is 1. The van der Waals surface area contributed by atoms with Crippen molar-refractivity contribution in [2.45, 2.75) is 6.42 Å². The molecule has 0 radical (unpaired) electrons. The van der Waals surface area contributed by atoms with Gasteiger partial charge in [-0.3, -0.25) is 0 Å². The zero-order valence-electron chi connectivity index (χ0n) is 6.62. The second kappa shape index (κ2) is 7.68. The molecule has 0 atom stereocenters. The highest BCUT2D eigenvalue weighted by atomic mass is 32.2. The maximum atomic E-state index is 8.16. The highest BCUT2D eigenvalue weighted by molar-refractivity contribution is 7.99. The summed E-state index contributed by atoms with van der Waals surface area (Å²) >= 11 is 1.63. The zero-order chi connectivity index (χ0) is 8.53. The molecule has 0 aromatic rings. The van der Waals surface area contributed by atoms with E-state index in [0.717, 1.165) is 18.8 Å². The first kappa shape index (κ1) is 10.6. The predicted octanol–water partition coefficient (Wildman–Crippen LogP) is 0.502. The number of nitrogens with zero attached hydrogens (tertiary/aromatic N) is 1. The number of methoxy groups -OCH3 is 1. The molecular formula is C6H14N2O2S. The normalized spacial score (nSPS) is 11.9. The van der Waals surface area contributed by atoms with Crippen molar-refractivity contribution in [3.05, 3.63) is 0 Å². The Morgan fingerprint density at radius 3 is 3.00 bits per heavy atom. The van der Waals surface area contributed by atoms with Gasteiger partial charge in [0.15, 0.2) is 0 Å². The summed E-state index contributed by atoms with van der Waals surface area (Å²) in [5, 5.41) is 11.0. The lowest BCUT2D eigenvalue weighted by molar-refractivity contribution is 0.200. The standard InChI is InChI=1S/C6H14N2O2S/c1-10-3-2-4-11-5-6(7)8-9/h9H,2-5H2,1H3,(H2,7,8). The van der Waals surface area contributed by atoms with Gasteiger partial charge in [0.25, 0.3) is 0 Å². The molecule has 0 aliphatic rings. The lowest BCUT2D eigenvalue weighted by Gasteiger charge is -1.98. The van der Waals surface area contributed by atoms with E-state index in [9.17, 15) is 0 Å². The minimum absolute atomic E-state index is 0.271. The number of oxime groups is 1. The molecule has 0 heterocycles. The van der Waals surface area contributed by atoms with E-state index in [0.29, 0.717) is 5.75 Å². The topological polar surface area (TPSA) is 67.8 Å². The van der Waals surface area contributed by atoms with Crippen molar-refractivity contribution in [3.63, 3.8) is 0 Å². The third kappa shape index (κ3) is 7.48. The fraction of sp³-hybridized carbons (Fsp3) is 0.833.